The van der Waals surface area contributed by atoms with E-state index in [0.717, 1.165) is 0 Å². The molecule has 0 spiro atoms. The van der Waals surface area contributed by atoms with Crippen molar-refractivity contribution in [2.75, 3.05) is 6.61 Å². The van der Waals surface area contributed by atoms with Crippen LogP contribution >= 0.6 is 0 Å². The number of hydrogen-bond donors (Lipinski definition) is 5. The second-order valence-corrected chi connectivity index (χ2v) is 3.23. The molecular formula is C7H15NO4. The van der Waals surface area contributed by atoms with Gasteiger partial charge in [-0.1, -0.05) is 0 Å². The number of aliphatic hydroxyl groups is 4. The quantitative estimate of drug-likeness (QED) is 0.318. The van der Waals surface area contributed by atoms with Crippen molar-refractivity contribution in [3.05, 3.63) is 0 Å². The molecule has 1 saturated carbocycles. The molecule has 1 fully saturated rings. The Bertz CT molecular complexity index is 140. The van der Waals surface area contributed by atoms with E-state index in [1.54, 1.807) is 0 Å². The van der Waals surface area contributed by atoms with Crippen molar-refractivity contribution in [2.24, 2.45) is 11.7 Å². The first kappa shape index (κ1) is 9.88. The summed E-state index contributed by atoms with van der Waals surface area (Å²) in [6.07, 6.45) is -2.78. The van der Waals surface area contributed by atoms with E-state index in [4.69, 9.17) is 10.8 Å². The predicted octanol–water partition coefficient (Wildman–Crippen LogP) is -2.59. The Hall–Kier alpha value is -0.200. The van der Waals surface area contributed by atoms with Crippen LogP contribution in [0.4, 0.5) is 0 Å². The van der Waals surface area contributed by atoms with E-state index >= 15 is 0 Å². The molecule has 1 rings (SSSR count). The molecule has 72 valence electrons. The Morgan fingerprint density at radius 2 is 1.58 bits per heavy atom. The molecule has 0 aromatic carbocycles. The zero-order valence-corrected chi connectivity index (χ0v) is 6.67. The van der Waals surface area contributed by atoms with Crippen molar-refractivity contribution >= 4 is 0 Å². The maximum Gasteiger partial charge on any atom is 0.0978 e. The summed E-state index contributed by atoms with van der Waals surface area (Å²) in [6, 6.07) is -0.809. The predicted molar refractivity (Wildman–Crippen MR) is 41.2 cm³/mol. The van der Waals surface area contributed by atoms with Gasteiger partial charge in [0, 0.05) is 12.5 Å². The van der Waals surface area contributed by atoms with Crippen LogP contribution in [0.3, 0.4) is 0 Å². The molecule has 0 heterocycles. The summed E-state index contributed by atoms with van der Waals surface area (Å²) >= 11 is 0. The maximum absolute atomic E-state index is 9.37. The topological polar surface area (TPSA) is 107 Å². The summed E-state index contributed by atoms with van der Waals surface area (Å²) in [5.74, 6) is -0.514. The second kappa shape index (κ2) is 3.68. The van der Waals surface area contributed by atoms with Crippen molar-refractivity contribution in [3.8, 4) is 0 Å². The molecule has 0 saturated heterocycles. The first-order valence-electron chi connectivity index (χ1n) is 4.00. The van der Waals surface area contributed by atoms with Gasteiger partial charge in [-0.15, -0.1) is 0 Å². The van der Waals surface area contributed by atoms with Gasteiger partial charge in [0.2, 0.25) is 0 Å². The summed E-state index contributed by atoms with van der Waals surface area (Å²) in [4.78, 5) is 0. The fraction of sp³-hybridized carbons (Fsp3) is 1.00. The van der Waals surface area contributed by atoms with Crippen LogP contribution in [0, 0.1) is 5.92 Å². The molecule has 0 amide bonds. The molecule has 0 aromatic heterocycles. The van der Waals surface area contributed by atoms with E-state index in [1.807, 2.05) is 0 Å². The van der Waals surface area contributed by atoms with Gasteiger partial charge in [-0.05, 0) is 6.42 Å². The lowest BCUT2D eigenvalue weighted by atomic mass is 10.00. The maximum atomic E-state index is 9.37. The van der Waals surface area contributed by atoms with Crippen molar-refractivity contribution < 1.29 is 20.4 Å². The molecule has 0 bridgehead atoms. The minimum atomic E-state index is -1.09. The van der Waals surface area contributed by atoms with Crippen LogP contribution in [0.5, 0.6) is 0 Å². The van der Waals surface area contributed by atoms with Gasteiger partial charge in [0.25, 0.3) is 0 Å². The third-order valence-corrected chi connectivity index (χ3v) is 2.48. The molecule has 0 aliphatic heterocycles. The number of nitrogens with two attached hydrogens (primary N) is 1. The van der Waals surface area contributed by atoms with Crippen LogP contribution in [0.2, 0.25) is 0 Å². The van der Waals surface area contributed by atoms with E-state index < -0.39 is 30.3 Å². The number of hydrogen-bond acceptors (Lipinski definition) is 5. The van der Waals surface area contributed by atoms with Gasteiger partial charge >= 0.3 is 0 Å². The molecule has 6 N–H and O–H groups in total. The van der Waals surface area contributed by atoms with E-state index in [-0.39, 0.29) is 13.0 Å². The lowest BCUT2D eigenvalue weighted by Crippen LogP contribution is -2.40. The van der Waals surface area contributed by atoms with Crippen LogP contribution in [-0.4, -0.2) is 51.4 Å². The monoisotopic (exact) mass is 177 g/mol. The van der Waals surface area contributed by atoms with Crippen molar-refractivity contribution in [2.45, 2.75) is 30.8 Å². The average molecular weight is 177 g/mol. The minimum absolute atomic E-state index is 0.127. The molecule has 1 aliphatic rings. The third-order valence-electron chi connectivity index (χ3n) is 2.48. The zero-order valence-electron chi connectivity index (χ0n) is 6.67. The Labute approximate surface area is 70.4 Å². The highest BCUT2D eigenvalue weighted by Crippen LogP contribution is 2.28. The Morgan fingerprint density at radius 1 is 1.00 bits per heavy atom. The SMILES string of the molecule is N[C@@H]1[C@@H](O)[C@H](O)[C@H](CCO)[C@H]1O. The van der Waals surface area contributed by atoms with Crippen LogP contribution in [0.15, 0.2) is 0 Å². The Kier molecular flexibility index (Phi) is 3.03. The molecular weight excluding hydrogens is 162 g/mol. The van der Waals surface area contributed by atoms with Gasteiger partial charge in [0.15, 0.2) is 0 Å². The van der Waals surface area contributed by atoms with Crippen LogP contribution in [-0.2, 0) is 0 Å². The van der Waals surface area contributed by atoms with Crippen LogP contribution in [0.25, 0.3) is 0 Å². The molecule has 12 heavy (non-hydrogen) atoms. The number of rotatable bonds is 2. The third kappa shape index (κ3) is 1.46. The molecule has 5 heteroatoms. The van der Waals surface area contributed by atoms with E-state index in [2.05, 4.69) is 0 Å². The van der Waals surface area contributed by atoms with Crippen LogP contribution in [0.1, 0.15) is 6.42 Å². The molecule has 0 aromatic rings. The summed E-state index contributed by atoms with van der Waals surface area (Å²) in [6.45, 7) is -0.127. The zero-order chi connectivity index (χ0) is 9.30. The fourth-order valence-corrected chi connectivity index (χ4v) is 1.66. The fourth-order valence-electron chi connectivity index (χ4n) is 1.66. The summed E-state index contributed by atoms with van der Waals surface area (Å²) in [7, 11) is 0. The summed E-state index contributed by atoms with van der Waals surface area (Å²) in [5.41, 5.74) is 5.39. The van der Waals surface area contributed by atoms with Gasteiger partial charge in [0.05, 0.1) is 24.4 Å². The summed E-state index contributed by atoms with van der Waals surface area (Å²) < 4.78 is 0. The molecule has 0 unspecified atom stereocenters. The largest absolute Gasteiger partial charge is 0.396 e. The lowest BCUT2D eigenvalue weighted by molar-refractivity contribution is 0.00506. The summed E-state index contributed by atoms with van der Waals surface area (Å²) in [5, 5.41) is 36.5. The van der Waals surface area contributed by atoms with Crippen molar-refractivity contribution in [1.82, 2.24) is 0 Å². The minimum Gasteiger partial charge on any atom is -0.396 e. The van der Waals surface area contributed by atoms with Gasteiger partial charge in [-0.25, -0.2) is 0 Å². The van der Waals surface area contributed by atoms with Crippen molar-refractivity contribution in [3.63, 3.8) is 0 Å². The Balaban J connectivity index is 2.62. The van der Waals surface area contributed by atoms with E-state index in [0.29, 0.717) is 0 Å². The van der Waals surface area contributed by atoms with Gasteiger partial charge in [-0.2, -0.15) is 0 Å². The van der Waals surface area contributed by atoms with Crippen LogP contribution < -0.4 is 5.73 Å². The molecule has 5 atom stereocenters. The Morgan fingerprint density at radius 3 is 1.92 bits per heavy atom. The van der Waals surface area contributed by atoms with Gasteiger partial charge in [-0.3, -0.25) is 0 Å². The lowest BCUT2D eigenvalue weighted by Gasteiger charge is -2.16. The normalized spacial score (nSPS) is 48.2. The van der Waals surface area contributed by atoms with E-state index in [1.165, 1.54) is 0 Å². The standard InChI is InChI=1S/C7H15NO4/c8-4-5(10)3(1-2-9)6(11)7(4)12/h3-7,9-12H,1-2,8H2/t3-,4+,5-,6-,7-/m1/s1. The second-order valence-electron chi connectivity index (χ2n) is 3.23. The first-order chi connectivity index (χ1) is 5.59. The highest BCUT2D eigenvalue weighted by Gasteiger charge is 2.46. The molecule has 5 nitrogen and oxygen atoms in total. The van der Waals surface area contributed by atoms with Crippen molar-refractivity contribution in [1.29, 1.82) is 0 Å². The van der Waals surface area contributed by atoms with Gasteiger partial charge in [0.1, 0.15) is 0 Å². The number of aliphatic hydroxyl groups excluding tert-OH is 4. The first-order valence-corrected chi connectivity index (χ1v) is 4.00. The molecule has 0 radical (unpaired) electrons. The molecule has 1 aliphatic carbocycles. The smallest absolute Gasteiger partial charge is 0.0978 e. The average Bonchev–Trinajstić information content (AvgIpc) is 2.23. The van der Waals surface area contributed by atoms with Gasteiger partial charge < -0.3 is 26.2 Å². The van der Waals surface area contributed by atoms with E-state index in [9.17, 15) is 15.3 Å². The highest BCUT2D eigenvalue weighted by atomic mass is 16.3. The highest BCUT2D eigenvalue weighted by molar-refractivity contribution is 5.00.